The molecule has 0 aromatic carbocycles. The average Bonchev–Trinajstić information content (AvgIpc) is 2.82. The van der Waals surface area contributed by atoms with E-state index in [4.69, 9.17) is 4.74 Å². The van der Waals surface area contributed by atoms with E-state index in [0.717, 1.165) is 39.0 Å². The number of hydrogen-bond acceptors (Lipinski definition) is 3. The van der Waals surface area contributed by atoms with Crippen molar-refractivity contribution in [3.05, 3.63) is 0 Å². The summed E-state index contributed by atoms with van der Waals surface area (Å²) >= 11 is 0. The fourth-order valence-corrected chi connectivity index (χ4v) is 2.83. The lowest BCUT2D eigenvalue weighted by atomic mass is 9.95. The highest BCUT2D eigenvalue weighted by molar-refractivity contribution is 5.76. The van der Waals surface area contributed by atoms with Gasteiger partial charge in [-0.1, -0.05) is 6.92 Å². The first-order valence-electron chi connectivity index (χ1n) is 6.72. The van der Waals surface area contributed by atoms with Crippen molar-refractivity contribution in [1.82, 2.24) is 10.2 Å². The summed E-state index contributed by atoms with van der Waals surface area (Å²) in [5.41, 5.74) is 0. The largest absolute Gasteiger partial charge is 0.379 e. The van der Waals surface area contributed by atoms with Crippen LogP contribution in [0.15, 0.2) is 0 Å². The van der Waals surface area contributed by atoms with Gasteiger partial charge in [-0.15, -0.1) is 0 Å². The number of rotatable bonds is 3. The van der Waals surface area contributed by atoms with Gasteiger partial charge in [-0.3, -0.25) is 4.79 Å². The SMILES string of the molecule is COC1CN(C(=O)CC2CCNC2)CCC1C. The Morgan fingerprint density at radius 3 is 2.94 bits per heavy atom. The Balaban J connectivity index is 1.82. The first-order chi connectivity index (χ1) is 8.20. The second-order valence-corrected chi connectivity index (χ2v) is 5.44. The van der Waals surface area contributed by atoms with Gasteiger partial charge in [0.15, 0.2) is 0 Å². The molecule has 0 saturated carbocycles. The van der Waals surface area contributed by atoms with Crippen molar-refractivity contribution in [2.45, 2.75) is 32.3 Å². The maximum atomic E-state index is 12.2. The summed E-state index contributed by atoms with van der Waals surface area (Å²) in [5, 5.41) is 3.31. The summed E-state index contributed by atoms with van der Waals surface area (Å²) in [6, 6.07) is 0. The lowest BCUT2D eigenvalue weighted by molar-refractivity contribution is -0.137. The number of nitrogens with one attached hydrogen (secondary N) is 1. The molecule has 2 aliphatic heterocycles. The molecular formula is C13H24N2O2. The molecule has 4 nitrogen and oxygen atoms in total. The Morgan fingerprint density at radius 1 is 1.47 bits per heavy atom. The van der Waals surface area contributed by atoms with Crippen LogP contribution in [0.3, 0.4) is 0 Å². The molecule has 2 saturated heterocycles. The van der Waals surface area contributed by atoms with Crippen LogP contribution in [0, 0.1) is 11.8 Å². The molecule has 0 bridgehead atoms. The molecule has 1 N–H and O–H groups in total. The zero-order chi connectivity index (χ0) is 12.3. The highest BCUT2D eigenvalue weighted by atomic mass is 16.5. The third kappa shape index (κ3) is 3.19. The lowest BCUT2D eigenvalue weighted by Crippen LogP contribution is -2.47. The number of carbonyl (C=O) groups excluding carboxylic acids is 1. The Kier molecular flexibility index (Phi) is 4.40. The molecule has 2 fully saturated rings. The molecule has 1 amide bonds. The molecule has 17 heavy (non-hydrogen) atoms. The lowest BCUT2D eigenvalue weighted by Gasteiger charge is -2.36. The van der Waals surface area contributed by atoms with Crippen LogP contribution in [-0.4, -0.2) is 50.2 Å². The van der Waals surface area contributed by atoms with Crippen molar-refractivity contribution in [2.75, 3.05) is 33.3 Å². The molecule has 2 aliphatic rings. The number of carbonyl (C=O) groups is 1. The van der Waals surface area contributed by atoms with Gasteiger partial charge in [0.05, 0.1) is 6.10 Å². The number of ether oxygens (including phenoxy) is 1. The predicted octanol–water partition coefficient (Wildman–Crippen LogP) is 0.869. The van der Waals surface area contributed by atoms with Gasteiger partial charge in [0.1, 0.15) is 0 Å². The van der Waals surface area contributed by atoms with Crippen LogP contribution in [0.25, 0.3) is 0 Å². The summed E-state index contributed by atoms with van der Waals surface area (Å²) in [6.07, 6.45) is 3.13. The fourth-order valence-electron chi connectivity index (χ4n) is 2.83. The number of nitrogens with zero attached hydrogens (tertiary/aromatic N) is 1. The Morgan fingerprint density at radius 2 is 2.29 bits per heavy atom. The van der Waals surface area contributed by atoms with E-state index in [9.17, 15) is 4.79 Å². The maximum absolute atomic E-state index is 12.2. The molecule has 4 heteroatoms. The highest BCUT2D eigenvalue weighted by Gasteiger charge is 2.30. The van der Waals surface area contributed by atoms with Crippen LogP contribution in [0.2, 0.25) is 0 Å². The summed E-state index contributed by atoms with van der Waals surface area (Å²) in [5.74, 6) is 1.42. The minimum absolute atomic E-state index is 0.217. The number of hydrogen-bond donors (Lipinski definition) is 1. The highest BCUT2D eigenvalue weighted by Crippen LogP contribution is 2.21. The van der Waals surface area contributed by atoms with E-state index in [1.54, 1.807) is 7.11 Å². The van der Waals surface area contributed by atoms with E-state index in [0.29, 0.717) is 24.2 Å². The van der Waals surface area contributed by atoms with Gasteiger partial charge in [-0.25, -0.2) is 0 Å². The quantitative estimate of drug-likeness (QED) is 0.796. The molecule has 3 unspecified atom stereocenters. The Bertz CT molecular complexity index is 264. The topological polar surface area (TPSA) is 41.6 Å². The molecule has 0 aromatic heterocycles. The van der Waals surface area contributed by atoms with E-state index in [1.807, 2.05) is 4.90 Å². The van der Waals surface area contributed by atoms with Gasteiger partial charge in [-0.05, 0) is 37.8 Å². The third-order valence-electron chi connectivity index (χ3n) is 4.17. The third-order valence-corrected chi connectivity index (χ3v) is 4.17. The minimum atomic E-state index is 0.217. The van der Waals surface area contributed by atoms with E-state index < -0.39 is 0 Å². The van der Waals surface area contributed by atoms with Crippen molar-refractivity contribution < 1.29 is 9.53 Å². The molecule has 3 atom stereocenters. The van der Waals surface area contributed by atoms with E-state index in [-0.39, 0.29) is 6.10 Å². The van der Waals surface area contributed by atoms with E-state index in [1.165, 1.54) is 0 Å². The molecule has 98 valence electrons. The second-order valence-electron chi connectivity index (χ2n) is 5.44. The number of methoxy groups -OCH3 is 1. The predicted molar refractivity (Wildman–Crippen MR) is 66.8 cm³/mol. The smallest absolute Gasteiger partial charge is 0.222 e. The summed E-state index contributed by atoms with van der Waals surface area (Å²) < 4.78 is 5.45. The molecular weight excluding hydrogens is 216 g/mol. The molecule has 0 radical (unpaired) electrons. The Labute approximate surface area is 104 Å². The van der Waals surface area contributed by atoms with Crippen molar-refractivity contribution in [1.29, 1.82) is 0 Å². The molecule has 0 aromatic rings. The van der Waals surface area contributed by atoms with Gasteiger partial charge in [0.25, 0.3) is 0 Å². The van der Waals surface area contributed by atoms with Crippen molar-refractivity contribution >= 4 is 5.91 Å². The zero-order valence-electron chi connectivity index (χ0n) is 10.9. The first-order valence-corrected chi connectivity index (χ1v) is 6.72. The van der Waals surface area contributed by atoms with Crippen LogP contribution < -0.4 is 5.32 Å². The fraction of sp³-hybridized carbons (Fsp3) is 0.923. The van der Waals surface area contributed by atoms with Gasteiger partial charge in [-0.2, -0.15) is 0 Å². The molecule has 2 heterocycles. The molecule has 0 spiro atoms. The van der Waals surface area contributed by atoms with Gasteiger partial charge < -0.3 is 15.0 Å². The van der Waals surface area contributed by atoms with Crippen molar-refractivity contribution in [3.8, 4) is 0 Å². The van der Waals surface area contributed by atoms with Gasteiger partial charge >= 0.3 is 0 Å². The second kappa shape index (κ2) is 5.83. The van der Waals surface area contributed by atoms with Crippen LogP contribution in [0.5, 0.6) is 0 Å². The summed E-state index contributed by atoms with van der Waals surface area (Å²) in [7, 11) is 1.75. The van der Waals surface area contributed by atoms with Crippen molar-refractivity contribution in [3.63, 3.8) is 0 Å². The monoisotopic (exact) mass is 240 g/mol. The maximum Gasteiger partial charge on any atom is 0.222 e. The van der Waals surface area contributed by atoms with Gasteiger partial charge in [0.2, 0.25) is 5.91 Å². The number of piperidine rings is 1. The molecule has 2 rings (SSSR count). The van der Waals surface area contributed by atoms with Crippen LogP contribution in [0.4, 0.5) is 0 Å². The first kappa shape index (κ1) is 12.8. The van der Waals surface area contributed by atoms with Crippen LogP contribution >= 0.6 is 0 Å². The van der Waals surface area contributed by atoms with Crippen LogP contribution in [0.1, 0.15) is 26.2 Å². The summed E-state index contributed by atoms with van der Waals surface area (Å²) in [6.45, 7) is 5.95. The normalized spacial score (nSPS) is 34.0. The minimum Gasteiger partial charge on any atom is -0.379 e. The Hall–Kier alpha value is -0.610. The molecule has 0 aliphatic carbocycles. The van der Waals surface area contributed by atoms with E-state index >= 15 is 0 Å². The van der Waals surface area contributed by atoms with Crippen molar-refractivity contribution in [2.24, 2.45) is 11.8 Å². The number of likely N-dealkylation sites (tertiary alicyclic amines) is 1. The number of amides is 1. The van der Waals surface area contributed by atoms with Gasteiger partial charge in [0, 0.05) is 26.6 Å². The van der Waals surface area contributed by atoms with Crippen LogP contribution in [-0.2, 0) is 9.53 Å². The standard InChI is InChI=1S/C13H24N2O2/c1-10-4-6-15(9-12(10)17-2)13(16)7-11-3-5-14-8-11/h10-12,14H,3-9H2,1-2H3. The zero-order valence-corrected chi connectivity index (χ0v) is 10.9. The summed E-state index contributed by atoms with van der Waals surface area (Å²) in [4.78, 5) is 14.2. The average molecular weight is 240 g/mol. The van der Waals surface area contributed by atoms with E-state index in [2.05, 4.69) is 12.2 Å².